The lowest BCUT2D eigenvalue weighted by Gasteiger charge is -2.18. The molecule has 11 rings (SSSR count). The molecule has 5 heteroatoms. The Hall–Kier alpha value is -7.63. The van der Waals surface area contributed by atoms with Gasteiger partial charge in [-0.2, -0.15) is 0 Å². The molecule has 5 nitrogen and oxygen atoms in total. The maximum atomic E-state index is 5.35. The zero-order chi connectivity index (χ0) is 37.0. The molecule has 3 aromatic heterocycles. The van der Waals surface area contributed by atoms with E-state index in [-0.39, 0.29) is 0 Å². The fourth-order valence-electron chi connectivity index (χ4n) is 8.24. The van der Waals surface area contributed by atoms with Gasteiger partial charge < -0.3 is 9.13 Å². The third kappa shape index (κ3) is 5.13. The maximum absolute atomic E-state index is 5.35. The van der Waals surface area contributed by atoms with Crippen molar-refractivity contribution in [3.63, 3.8) is 0 Å². The van der Waals surface area contributed by atoms with Gasteiger partial charge in [0, 0.05) is 43.9 Å². The van der Waals surface area contributed by atoms with Crippen LogP contribution in [0.15, 0.2) is 200 Å². The Morgan fingerprint density at radius 3 is 1.29 bits per heavy atom. The second-order valence-electron chi connectivity index (χ2n) is 14.0. The summed E-state index contributed by atoms with van der Waals surface area (Å²) in [6.07, 6.45) is 0. The molecule has 0 amide bonds. The molecule has 0 aliphatic heterocycles. The van der Waals surface area contributed by atoms with Crippen molar-refractivity contribution in [2.45, 2.75) is 0 Å². The lowest BCUT2D eigenvalue weighted by Crippen LogP contribution is -2.06. The fraction of sp³-hybridized carbons (Fsp3) is 0. The molecule has 262 valence electrons. The predicted molar refractivity (Wildman–Crippen MR) is 230 cm³/mol. The second kappa shape index (κ2) is 13.0. The highest BCUT2D eigenvalue weighted by Gasteiger charge is 2.25. The van der Waals surface area contributed by atoms with Crippen LogP contribution in [-0.2, 0) is 0 Å². The van der Waals surface area contributed by atoms with Gasteiger partial charge in [-0.25, -0.2) is 15.0 Å². The number of hydrogen-bond acceptors (Lipinski definition) is 3. The number of hydrogen-bond donors (Lipinski definition) is 0. The van der Waals surface area contributed by atoms with E-state index in [2.05, 4.69) is 185 Å². The molecule has 0 bridgehead atoms. The summed E-state index contributed by atoms with van der Waals surface area (Å²) in [6, 6.07) is 70.3. The summed E-state index contributed by atoms with van der Waals surface area (Å²) in [5, 5.41) is 4.71. The normalized spacial score (nSPS) is 11.6. The van der Waals surface area contributed by atoms with Gasteiger partial charge >= 0.3 is 0 Å². The topological polar surface area (TPSA) is 48.5 Å². The minimum Gasteiger partial charge on any atom is -0.307 e. The first-order valence-corrected chi connectivity index (χ1v) is 18.9. The molecular weight excluding hydrogens is 683 g/mol. The van der Waals surface area contributed by atoms with E-state index in [1.165, 1.54) is 21.7 Å². The molecule has 0 radical (unpaired) electrons. The molecule has 0 aliphatic carbocycles. The molecule has 0 N–H and O–H groups in total. The largest absolute Gasteiger partial charge is 0.307 e. The van der Waals surface area contributed by atoms with Crippen LogP contribution in [-0.4, -0.2) is 24.1 Å². The number of fused-ring (bicyclic) bond motifs is 6. The van der Waals surface area contributed by atoms with E-state index in [9.17, 15) is 0 Å². The van der Waals surface area contributed by atoms with E-state index in [1.54, 1.807) is 0 Å². The molecule has 0 atom stereocenters. The highest BCUT2D eigenvalue weighted by Crippen LogP contribution is 2.43. The summed E-state index contributed by atoms with van der Waals surface area (Å²) >= 11 is 0. The Balaban J connectivity index is 1.26. The highest BCUT2D eigenvalue weighted by molar-refractivity contribution is 6.16. The minimum atomic E-state index is 0.601. The summed E-state index contributed by atoms with van der Waals surface area (Å²) in [5.74, 6) is 1.84. The molecule has 0 unspecified atom stereocenters. The van der Waals surface area contributed by atoms with Crippen molar-refractivity contribution in [3.8, 4) is 56.7 Å². The van der Waals surface area contributed by atoms with E-state index in [1.807, 2.05) is 24.3 Å². The monoisotopic (exact) mass is 715 g/mol. The lowest BCUT2D eigenvalue weighted by molar-refractivity contribution is 1.06. The van der Waals surface area contributed by atoms with Crippen LogP contribution in [0, 0.1) is 0 Å². The van der Waals surface area contributed by atoms with Crippen LogP contribution in [0.2, 0.25) is 0 Å². The van der Waals surface area contributed by atoms with Gasteiger partial charge in [0.15, 0.2) is 17.5 Å². The first-order valence-electron chi connectivity index (χ1n) is 18.9. The van der Waals surface area contributed by atoms with Crippen LogP contribution in [0.5, 0.6) is 0 Å². The first kappa shape index (κ1) is 31.9. The molecule has 56 heavy (non-hydrogen) atoms. The van der Waals surface area contributed by atoms with Crippen molar-refractivity contribution in [1.29, 1.82) is 0 Å². The molecule has 0 saturated carbocycles. The number of para-hydroxylation sites is 4. The average molecular weight is 716 g/mol. The van der Waals surface area contributed by atoms with Crippen LogP contribution >= 0.6 is 0 Å². The van der Waals surface area contributed by atoms with Crippen molar-refractivity contribution in [2.24, 2.45) is 0 Å². The number of rotatable bonds is 6. The number of aromatic nitrogens is 5. The maximum Gasteiger partial charge on any atom is 0.166 e. The van der Waals surface area contributed by atoms with Gasteiger partial charge in [0.25, 0.3) is 0 Å². The van der Waals surface area contributed by atoms with Gasteiger partial charge in [-0.3, -0.25) is 0 Å². The van der Waals surface area contributed by atoms with Crippen LogP contribution in [0.1, 0.15) is 0 Å². The third-order valence-electron chi connectivity index (χ3n) is 10.8. The molecule has 3 heterocycles. The molecule has 11 aromatic rings. The van der Waals surface area contributed by atoms with Gasteiger partial charge in [0.1, 0.15) is 0 Å². The Bertz CT molecular complexity index is 3170. The Labute approximate surface area is 323 Å². The van der Waals surface area contributed by atoms with Gasteiger partial charge in [-0.1, -0.05) is 164 Å². The van der Waals surface area contributed by atoms with Crippen molar-refractivity contribution in [2.75, 3.05) is 0 Å². The standard InChI is InChI=1S/C51H33N5/c1-4-16-34(17-5-1)35-28-30-37(31-29-35)50-52-49(36-18-6-2-7-19-36)53-51(54-50)43-33-32-42-41-24-12-13-25-44(41)55(38-20-8-3-9-21-38)47(42)48(43)56-45-26-14-10-22-39(45)40-23-11-15-27-46(40)56/h1-33H. The van der Waals surface area contributed by atoms with Gasteiger partial charge in [0.05, 0.1) is 27.8 Å². The van der Waals surface area contributed by atoms with E-state index < -0.39 is 0 Å². The zero-order valence-electron chi connectivity index (χ0n) is 30.3. The molecule has 8 aromatic carbocycles. The molecular formula is C51H33N5. The van der Waals surface area contributed by atoms with E-state index in [4.69, 9.17) is 15.0 Å². The first-order chi connectivity index (χ1) is 27.8. The van der Waals surface area contributed by atoms with Crippen molar-refractivity contribution < 1.29 is 0 Å². The number of benzene rings is 8. The Morgan fingerprint density at radius 2 is 0.696 bits per heavy atom. The summed E-state index contributed by atoms with van der Waals surface area (Å²) in [6.45, 7) is 0. The number of nitrogens with zero attached hydrogens (tertiary/aromatic N) is 5. The van der Waals surface area contributed by atoms with Crippen molar-refractivity contribution in [3.05, 3.63) is 200 Å². The van der Waals surface area contributed by atoms with Crippen LogP contribution < -0.4 is 0 Å². The summed E-state index contributed by atoms with van der Waals surface area (Å²) in [7, 11) is 0. The van der Waals surface area contributed by atoms with Crippen molar-refractivity contribution in [1.82, 2.24) is 24.1 Å². The molecule has 0 aliphatic rings. The second-order valence-corrected chi connectivity index (χ2v) is 14.0. The van der Waals surface area contributed by atoms with Crippen LogP contribution in [0.3, 0.4) is 0 Å². The van der Waals surface area contributed by atoms with E-state index in [0.717, 1.165) is 61.1 Å². The van der Waals surface area contributed by atoms with Crippen molar-refractivity contribution >= 4 is 43.6 Å². The van der Waals surface area contributed by atoms with Gasteiger partial charge in [-0.15, -0.1) is 0 Å². The minimum absolute atomic E-state index is 0.601. The lowest BCUT2D eigenvalue weighted by atomic mass is 10.0. The zero-order valence-corrected chi connectivity index (χ0v) is 30.3. The van der Waals surface area contributed by atoms with E-state index in [0.29, 0.717) is 17.5 Å². The quantitative estimate of drug-likeness (QED) is 0.172. The third-order valence-corrected chi connectivity index (χ3v) is 10.8. The van der Waals surface area contributed by atoms with E-state index >= 15 is 0 Å². The van der Waals surface area contributed by atoms with Gasteiger partial charge in [0.2, 0.25) is 0 Å². The Kier molecular flexibility index (Phi) is 7.42. The summed E-state index contributed by atoms with van der Waals surface area (Å²) < 4.78 is 4.82. The SMILES string of the molecule is c1ccc(-c2ccc(-c3nc(-c4ccccc4)nc(-c4ccc5c6ccccc6n(-c6ccccc6)c5c4-n4c5ccccc5c5ccccc54)n3)cc2)cc1. The van der Waals surface area contributed by atoms with Crippen LogP contribution in [0.4, 0.5) is 0 Å². The summed E-state index contributed by atoms with van der Waals surface area (Å²) in [4.78, 5) is 15.8. The Morgan fingerprint density at radius 1 is 0.286 bits per heavy atom. The van der Waals surface area contributed by atoms with Gasteiger partial charge in [-0.05, 0) is 47.5 Å². The average Bonchev–Trinajstić information content (AvgIpc) is 3.80. The van der Waals surface area contributed by atoms with Crippen LogP contribution in [0.25, 0.3) is 100 Å². The predicted octanol–water partition coefficient (Wildman–Crippen LogP) is 12.7. The highest BCUT2D eigenvalue weighted by atomic mass is 15.1. The molecule has 0 saturated heterocycles. The fourth-order valence-corrected chi connectivity index (χ4v) is 8.24. The summed E-state index contributed by atoms with van der Waals surface area (Å²) in [5.41, 5.74) is 11.6. The molecule has 0 fully saturated rings. The molecule has 0 spiro atoms. The smallest absolute Gasteiger partial charge is 0.166 e.